The first-order chi connectivity index (χ1) is 11.0. The molecule has 1 aromatic carbocycles. The Labute approximate surface area is 134 Å². The molecule has 0 aliphatic rings. The van der Waals surface area contributed by atoms with Gasteiger partial charge in [-0.2, -0.15) is 0 Å². The van der Waals surface area contributed by atoms with E-state index < -0.39 is 5.76 Å². The number of hydrogen-bond donors (Lipinski definition) is 3. The summed E-state index contributed by atoms with van der Waals surface area (Å²) in [5.74, 6) is -0.0650. The lowest BCUT2D eigenvalue weighted by Crippen LogP contribution is -2.45. The molecule has 0 aliphatic carbocycles. The number of para-hydroxylation sites is 2. The van der Waals surface area contributed by atoms with Crippen LogP contribution in [0.2, 0.25) is 0 Å². The second-order valence-electron chi connectivity index (χ2n) is 5.90. The molecule has 126 valence electrons. The molecule has 0 fully saturated rings. The lowest BCUT2D eigenvalue weighted by atomic mass is 10.0. The van der Waals surface area contributed by atoms with E-state index in [0.717, 1.165) is 0 Å². The molecule has 2 aromatic rings. The fourth-order valence-corrected chi connectivity index (χ4v) is 2.49. The van der Waals surface area contributed by atoms with Crippen molar-refractivity contribution in [1.29, 1.82) is 0 Å². The number of carbonyl (C=O) groups excluding carboxylic acids is 1. The minimum absolute atomic E-state index is 0.0998. The number of aromatic nitrogens is 1. The Kier molecular flexibility index (Phi) is 5.81. The van der Waals surface area contributed by atoms with Crippen molar-refractivity contribution in [3.63, 3.8) is 0 Å². The standard InChI is InChI=1S/C16H23N3O4/c1-11(2)9-12(10-20)18-15(21)17-7-8-19-13-5-3-4-6-14(13)23-16(19)22/h3-6,11-12,20H,7-10H2,1-2H3,(H2,17,18,21). The van der Waals surface area contributed by atoms with Crippen molar-refractivity contribution in [2.75, 3.05) is 13.2 Å². The van der Waals surface area contributed by atoms with E-state index in [2.05, 4.69) is 10.6 Å². The summed E-state index contributed by atoms with van der Waals surface area (Å²) < 4.78 is 6.61. The van der Waals surface area contributed by atoms with Crippen LogP contribution in [0, 0.1) is 5.92 Å². The average Bonchev–Trinajstić information content (AvgIpc) is 2.82. The third-order valence-electron chi connectivity index (χ3n) is 3.51. The van der Waals surface area contributed by atoms with E-state index in [1.807, 2.05) is 19.9 Å². The van der Waals surface area contributed by atoms with E-state index in [-0.39, 0.29) is 25.2 Å². The number of oxazole rings is 1. The van der Waals surface area contributed by atoms with Gasteiger partial charge in [-0.1, -0.05) is 26.0 Å². The Morgan fingerprint density at radius 1 is 1.35 bits per heavy atom. The zero-order valence-electron chi connectivity index (χ0n) is 13.4. The molecule has 0 radical (unpaired) electrons. The predicted octanol–water partition coefficient (Wildman–Crippen LogP) is 1.30. The number of fused-ring (bicyclic) bond motifs is 1. The van der Waals surface area contributed by atoms with E-state index in [0.29, 0.717) is 30.0 Å². The molecule has 2 rings (SSSR count). The summed E-state index contributed by atoms with van der Waals surface area (Å²) in [7, 11) is 0. The lowest BCUT2D eigenvalue weighted by Gasteiger charge is -2.18. The van der Waals surface area contributed by atoms with Crippen LogP contribution in [0.1, 0.15) is 20.3 Å². The number of hydrogen-bond acceptors (Lipinski definition) is 4. The Balaban J connectivity index is 1.87. The zero-order chi connectivity index (χ0) is 16.8. The van der Waals surface area contributed by atoms with Crippen molar-refractivity contribution >= 4 is 17.1 Å². The van der Waals surface area contributed by atoms with E-state index in [1.165, 1.54) is 4.57 Å². The summed E-state index contributed by atoms with van der Waals surface area (Å²) in [6, 6.07) is 6.52. The normalized spacial score (nSPS) is 12.5. The average molecular weight is 321 g/mol. The molecule has 0 saturated heterocycles. The van der Waals surface area contributed by atoms with E-state index in [1.54, 1.807) is 18.2 Å². The minimum Gasteiger partial charge on any atom is -0.408 e. The highest BCUT2D eigenvalue weighted by Gasteiger charge is 2.13. The van der Waals surface area contributed by atoms with Gasteiger partial charge in [0, 0.05) is 13.1 Å². The number of amides is 2. The van der Waals surface area contributed by atoms with Crippen molar-refractivity contribution in [3.05, 3.63) is 34.8 Å². The molecule has 1 aromatic heterocycles. The molecule has 0 bridgehead atoms. The Morgan fingerprint density at radius 3 is 2.78 bits per heavy atom. The number of benzene rings is 1. The van der Waals surface area contributed by atoms with Gasteiger partial charge in [0.05, 0.1) is 18.2 Å². The molecule has 7 heteroatoms. The third-order valence-corrected chi connectivity index (χ3v) is 3.51. The van der Waals surface area contributed by atoms with Gasteiger partial charge in [-0.15, -0.1) is 0 Å². The predicted molar refractivity (Wildman–Crippen MR) is 87.3 cm³/mol. The van der Waals surface area contributed by atoms with Crippen molar-refractivity contribution < 1.29 is 14.3 Å². The fraction of sp³-hybridized carbons (Fsp3) is 0.500. The smallest absolute Gasteiger partial charge is 0.408 e. The van der Waals surface area contributed by atoms with Gasteiger partial charge in [0.25, 0.3) is 0 Å². The van der Waals surface area contributed by atoms with E-state index in [9.17, 15) is 14.7 Å². The zero-order valence-corrected chi connectivity index (χ0v) is 13.4. The molecule has 2 amide bonds. The SMILES string of the molecule is CC(C)CC(CO)NC(=O)NCCn1c(=O)oc2ccccc21. The number of aliphatic hydroxyl groups excluding tert-OH is 1. The number of nitrogens with one attached hydrogen (secondary N) is 2. The van der Waals surface area contributed by atoms with Crippen LogP contribution < -0.4 is 16.4 Å². The van der Waals surface area contributed by atoms with Crippen LogP contribution in [0.4, 0.5) is 4.79 Å². The number of nitrogens with zero attached hydrogens (tertiary/aromatic N) is 1. The van der Waals surface area contributed by atoms with Crippen LogP contribution >= 0.6 is 0 Å². The highest BCUT2D eigenvalue weighted by molar-refractivity contribution is 5.74. The summed E-state index contributed by atoms with van der Waals surface area (Å²) in [5, 5.41) is 14.7. The van der Waals surface area contributed by atoms with Gasteiger partial charge < -0.3 is 20.2 Å². The second kappa shape index (κ2) is 7.82. The maximum Gasteiger partial charge on any atom is 0.420 e. The van der Waals surface area contributed by atoms with Gasteiger partial charge in [0.15, 0.2) is 5.58 Å². The Morgan fingerprint density at radius 2 is 2.09 bits per heavy atom. The highest BCUT2D eigenvalue weighted by Crippen LogP contribution is 2.11. The van der Waals surface area contributed by atoms with E-state index >= 15 is 0 Å². The molecule has 0 spiro atoms. The first-order valence-electron chi connectivity index (χ1n) is 7.75. The monoisotopic (exact) mass is 321 g/mol. The topological polar surface area (TPSA) is 96.5 Å². The first kappa shape index (κ1) is 17.1. The molecule has 1 heterocycles. The quantitative estimate of drug-likeness (QED) is 0.716. The van der Waals surface area contributed by atoms with Gasteiger partial charge in [0.2, 0.25) is 0 Å². The number of urea groups is 1. The largest absolute Gasteiger partial charge is 0.420 e. The number of carbonyl (C=O) groups is 1. The van der Waals surface area contributed by atoms with Crippen molar-refractivity contribution in [2.24, 2.45) is 5.92 Å². The van der Waals surface area contributed by atoms with Crippen LogP contribution in [0.5, 0.6) is 0 Å². The molecule has 0 aliphatic heterocycles. The number of rotatable bonds is 7. The maximum absolute atomic E-state index is 11.8. The maximum atomic E-state index is 11.8. The van der Waals surface area contributed by atoms with Crippen LogP contribution in [0.15, 0.2) is 33.5 Å². The summed E-state index contributed by atoms with van der Waals surface area (Å²) in [6.07, 6.45) is 0.704. The molecule has 3 N–H and O–H groups in total. The summed E-state index contributed by atoms with van der Waals surface area (Å²) >= 11 is 0. The van der Waals surface area contributed by atoms with Gasteiger partial charge in [-0.05, 0) is 24.5 Å². The lowest BCUT2D eigenvalue weighted by molar-refractivity contribution is 0.206. The molecule has 1 atom stereocenters. The van der Waals surface area contributed by atoms with Crippen molar-refractivity contribution in [1.82, 2.24) is 15.2 Å². The van der Waals surface area contributed by atoms with Gasteiger partial charge in [0.1, 0.15) is 0 Å². The molecule has 0 saturated carbocycles. The van der Waals surface area contributed by atoms with Gasteiger partial charge in [-0.3, -0.25) is 4.57 Å². The first-order valence-corrected chi connectivity index (χ1v) is 7.75. The van der Waals surface area contributed by atoms with Crippen LogP contribution in [0.3, 0.4) is 0 Å². The molecular weight excluding hydrogens is 298 g/mol. The van der Waals surface area contributed by atoms with Gasteiger partial charge >= 0.3 is 11.8 Å². The van der Waals surface area contributed by atoms with Crippen molar-refractivity contribution in [2.45, 2.75) is 32.9 Å². The minimum atomic E-state index is -0.443. The fourth-order valence-electron chi connectivity index (χ4n) is 2.49. The summed E-state index contributed by atoms with van der Waals surface area (Å²) in [6.45, 7) is 4.56. The third kappa shape index (κ3) is 4.59. The van der Waals surface area contributed by atoms with Crippen LogP contribution in [0.25, 0.3) is 11.1 Å². The molecule has 23 heavy (non-hydrogen) atoms. The van der Waals surface area contributed by atoms with E-state index in [4.69, 9.17) is 4.42 Å². The summed E-state index contributed by atoms with van der Waals surface area (Å²) in [4.78, 5) is 23.6. The number of aliphatic hydroxyl groups is 1. The Hall–Kier alpha value is -2.28. The highest BCUT2D eigenvalue weighted by atomic mass is 16.4. The molecule has 7 nitrogen and oxygen atoms in total. The second-order valence-corrected chi connectivity index (χ2v) is 5.90. The van der Waals surface area contributed by atoms with Crippen LogP contribution in [-0.4, -0.2) is 34.9 Å². The Bertz CT molecular complexity index is 705. The van der Waals surface area contributed by atoms with Crippen LogP contribution in [-0.2, 0) is 6.54 Å². The van der Waals surface area contributed by atoms with Gasteiger partial charge in [-0.25, -0.2) is 9.59 Å². The molecular formula is C16H23N3O4. The van der Waals surface area contributed by atoms with Crippen molar-refractivity contribution in [3.8, 4) is 0 Å². The molecule has 1 unspecified atom stereocenters. The summed E-state index contributed by atoms with van der Waals surface area (Å²) in [5.41, 5.74) is 1.23.